The van der Waals surface area contributed by atoms with Crippen molar-refractivity contribution >= 4 is 52.4 Å². The fraction of sp³-hybridized carbons (Fsp3) is 0.100. The van der Waals surface area contributed by atoms with Crippen LogP contribution < -0.4 is 21.9 Å². The van der Waals surface area contributed by atoms with Crippen LogP contribution in [0, 0.1) is 6.92 Å². The van der Waals surface area contributed by atoms with Gasteiger partial charge in [0, 0.05) is 16.3 Å². The maximum absolute atomic E-state index is 12.3. The number of rotatable bonds is 6. The van der Waals surface area contributed by atoms with Crippen molar-refractivity contribution in [3.05, 3.63) is 75.0 Å². The second kappa shape index (κ2) is 9.47. The predicted molar refractivity (Wildman–Crippen MR) is 119 cm³/mol. The third-order valence-corrected chi connectivity index (χ3v) is 5.03. The molecular weight excluding hydrogens is 426 g/mol. The highest BCUT2D eigenvalue weighted by Crippen LogP contribution is 2.19. The van der Waals surface area contributed by atoms with E-state index < -0.39 is 11.5 Å². The van der Waals surface area contributed by atoms with Crippen molar-refractivity contribution in [2.75, 3.05) is 22.1 Å². The first-order valence-corrected chi connectivity index (χ1v) is 10.1. The molecule has 1 heterocycles. The molecule has 0 bridgehead atoms. The van der Waals surface area contributed by atoms with Crippen LogP contribution >= 0.6 is 23.4 Å². The van der Waals surface area contributed by atoms with Gasteiger partial charge in [0.2, 0.25) is 5.91 Å². The lowest BCUT2D eigenvalue weighted by Gasteiger charge is -2.09. The third-order valence-electron chi connectivity index (χ3n) is 3.93. The molecule has 0 radical (unpaired) electrons. The summed E-state index contributed by atoms with van der Waals surface area (Å²) in [6.07, 6.45) is 0. The van der Waals surface area contributed by atoms with Crippen molar-refractivity contribution in [1.82, 2.24) is 9.97 Å². The van der Waals surface area contributed by atoms with Gasteiger partial charge in [0.1, 0.15) is 5.69 Å². The smallest absolute Gasteiger partial charge is 0.277 e. The van der Waals surface area contributed by atoms with Crippen LogP contribution in [0.15, 0.2) is 58.5 Å². The van der Waals surface area contributed by atoms with Gasteiger partial charge in [-0.25, -0.2) is 4.98 Å². The number of nitrogens with two attached hydrogens (primary N) is 1. The van der Waals surface area contributed by atoms with Gasteiger partial charge in [-0.15, -0.1) is 0 Å². The van der Waals surface area contributed by atoms with Gasteiger partial charge < -0.3 is 16.4 Å². The summed E-state index contributed by atoms with van der Waals surface area (Å²) in [5, 5.41) is 5.82. The summed E-state index contributed by atoms with van der Waals surface area (Å²) in [7, 11) is 0. The molecule has 0 atom stereocenters. The first-order chi connectivity index (χ1) is 14.3. The van der Waals surface area contributed by atoms with Gasteiger partial charge in [0.25, 0.3) is 11.5 Å². The summed E-state index contributed by atoms with van der Waals surface area (Å²) >= 11 is 6.88. The first-order valence-electron chi connectivity index (χ1n) is 8.78. The van der Waals surface area contributed by atoms with E-state index in [-0.39, 0.29) is 28.3 Å². The van der Waals surface area contributed by atoms with E-state index in [1.165, 1.54) is 0 Å². The van der Waals surface area contributed by atoms with Gasteiger partial charge in [0.05, 0.1) is 5.75 Å². The number of halogens is 1. The van der Waals surface area contributed by atoms with Crippen LogP contribution in [-0.2, 0) is 4.79 Å². The van der Waals surface area contributed by atoms with E-state index in [0.717, 1.165) is 17.3 Å². The number of nitrogens with zero attached hydrogens (tertiary/aromatic N) is 1. The Kier molecular flexibility index (Phi) is 6.76. The number of aromatic amines is 1. The van der Waals surface area contributed by atoms with Crippen LogP contribution in [0.3, 0.4) is 0 Å². The maximum Gasteiger partial charge on any atom is 0.277 e. The Balaban J connectivity index is 1.64. The second-order valence-corrected chi connectivity index (χ2v) is 7.70. The normalized spacial score (nSPS) is 10.5. The van der Waals surface area contributed by atoms with Crippen LogP contribution in [0.25, 0.3) is 0 Å². The molecule has 0 fully saturated rings. The zero-order valence-corrected chi connectivity index (χ0v) is 17.4. The van der Waals surface area contributed by atoms with E-state index in [4.69, 9.17) is 17.3 Å². The topological polar surface area (TPSA) is 130 Å². The van der Waals surface area contributed by atoms with Gasteiger partial charge in [-0.3, -0.25) is 19.4 Å². The number of H-pyrrole nitrogens is 1. The highest BCUT2D eigenvalue weighted by molar-refractivity contribution is 7.99. The SMILES string of the molecule is Cc1ccc(C(=O)Nc2c(N)nc(SCC(=O)Nc3cccc(Cl)c3)[nH]c2=O)cc1. The Labute approximate surface area is 181 Å². The Morgan fingerprint density at radius 1 is 1.17 bits per heavy atom. The summed E-state index contributed by atoms with van der Waals surface area (Å²) in [5.74, 6) is -0.934. The van der Waals surface area contributed by atoms with E-state index in [9.17, 15) is 14.4 Å². The van der Waals surface area contributed by atoms with E-state index >= 15 is 0 Å². The first kappa shape index (κ1) is 21.4. The van der Waals surface area contributed by atoms with Gasteiger partial charge in [-0.1, -0.05) is 47.1 Å². The molecule has 0 aliphatic rings. The van der Waals surface area contributed by atoms with E-state index in [1.807, 2.05) is 6.92 Å². The molecule has 0 saturated carbocycles. The summed E-state index contributed by atoms with van der Waals surface area (Å²) in [5.41, 5.74) is 7.04. The van der Waals surface area contributed by atoms with Crippen molar-refractivity contribution in [3.63, 3.8) is 0 Å². The Hall–Kier alpha value is -3.30. The second-order valence-electron chi connectivity index (χ2n) is 6.30. The van der Waals surface area contributed by atoms with Crippen molar-refractivity contribution in [1.29, 1.82) is 0 Å². The summed E-state index contributed by atoms with van der Waals surface area (Å²) in [6.45, 7) is 1.90. The molecule has 3 aromatic rings. The van der Waals surface area contributed by atoms with Crippen molar-refractivity contribution in [2.45, 2.75) is 12.1 Å². The number of aryl methyl sites for hydroxylation is 1. The molecule has 3 rings (SSSR count). The van der Waals surface area contributed by atoms with Gasteiger partial charge >= 0.3 is 0 Å². The lowest BCUT2D eigenvalue weighted by Crippen LogP contribution is -2.23. The number of benzene rings is 2. The highest BCUT2D eigenvalue weighted by Gasteiger charge is 2.15. The summed E-state index contributed by atoms with van der Waals surface area (Å²) in [6, 6.07) is 13.6. The average Bonchev–Trinajstić information content (AvgIpc) is 2.69. The van der Waals surface area contributed by atoms with Gasteiger partial charge in [-0.05, 0) is 37.3 Å². The van der Waals surface area contributed by atoms with Crippen LogP contribution in [0.1, 0.15) is 15.9 Å². The summed E-state index contributed by atoms with van der Waals surface area (Å²) < 4.78 is 0. The number of aromatic nitrogens is 2. The number of amides is 2. The van der Waals surface area contributed by atoms with E-state index in [1.54, 1.807) is 48.5 Å². The molecule has 0 saturated heterocycles. The Morgan fingerprint density at radius 3 is 2.57 bits per heavy atom. The molecular formula is C20H18ClN5O3S. The fourth-order valence-electron chi connectivity index (χ4n) is 2.45. The van der Waals surface area contributed by atoms with Crippen LogP contribution in [0.4, 0.5) is 17.2 Å². The molecule has 2 amide bonds. The maximum atomic E-state index is 12.3. The number of anilines is 3. The predicted octanol–water partition coefficient (Wildman–Crippen LogP) is 3.30. The zero-order valence-electron chi connectivity index (χ0n) is 15.9. The molecule has 30 heavy (non-hydrogen) atoms. The average molecular weight is 444 g/mol. The Bertz CT molecular complexity index is 1150. The number of nitrogen functional groups attached to an aromatic ring is 1. The van der Waals surface area contributed by atoms with Gasteiger partial charge in [-0.2, -0.15) is 0 Å². The molecule has 10 heteroatoms. The number of carbonyl (C=O) groups excluding carboxylic acids is 2. The van der Waals surface area contributed by atoms with Crippen molar-refractivity contribution < 1.29 is 9.59 Å². The molecule has 5 N–H and O–H groups in total. The fourth-order valence-corrected chi connectivity index (χ4v) is 3.30. The molecule has 2 aromatic carbocycles. The number of carbonyl (C=O) groups is 2. The highest BCUT2D eigenvalue weighted by atomic mass is 35.5. The molecule has 0 unspecified atom stereocenters. The summed E-state index contributed by atoms with van der Waals surface area (Å²) in [4.78, 5) is 43.3. The standard InChI is InChI=1S/C20H18ClN5O3S/c1-11-5-7-12(8-6-11)18(28)24-16-17(22)25-20(26-19(16)29)30-10-15(27)23-14-4-2-3-13(21)9-14/h2-9H,10H2,1H3,(H,23,27)(H,24,28)(H3,22,25,26,29). The minimum Gasteiger partial charge on any atom is -0.382 e. The number of nitrogens with one attached hydrogen (secondary N) is 3. The molecule has 1 aromatic heterocycles. The van der Waals surface area contributed by atoms with Crippen molar-refractivity contribution in [3.8, 4) is 0 Å². The third kappa shape index (κ3) is 5.62. The van der Waals surface area contributed by atoms with Crippen LogP contribution in [0.2, 0.25) is 5.02 Å². The zero-order chi connectivity index (χ0) is 21.7. The van der Waals surface area contributed by atoms with Crippen LogP contribution in [0.5, 0.6) is 0 Å². The largest absolute Gasteiger partial charge is 0.382 e. The monoisotopic (exact) mass is 443 g/mol. The number of hydrogen-bond donors (Lipinski definition) is 4. The molecule has 8 nitrogen and oxygen atoms in total. The van der Waals surface area contributed by atoms with E-state index in [2.05, 4.69) is 20.6 Å². The van der Waals surface area contributed by atoms with Crippen molar-refractivity contribution in [2.24, 2.45) is 0 Å². The number of hydrogen-bond acceptors (Lipinski definition) is 6. The molecule has 0 aliphatic heterocycles. The number of thioether (sulfide) groups is 1. The molecule has 0 spiro atoms. The lowest BCUT2D eigenvalue weighted by molar-refractivity contribution is -0.113. The minimum atomic E-state index is -0.610. The minimum absolute atomic E-state index is 0.00995. The molecule has 154 valence electrons. The molecule has 0 aliphatic carbocycles. The van der Waals surface area contributed by atoms with E-state index in [0.29, 0.717) is 16.3 Å². The van der Waals surface area contributed by atoms with Crippen LogP contribution in [-0.4, -0.2) is 27.5 Å². The Morgan fingerprint density at radius 2 is 1.90 bits per heavy atom. The van der Waals surface area contributed by atoms with Gasteiger partial charge in [0.15, 0.2) is 11.0 Å². The lowest BCUT2D eigenvalue weighted by atomic mass is 10.1. The quantitative estimate of drug-likeness (QED) is 0.341.